The quantitative estimate of drug-likeness (QED) is 0.290. The van der Waals surface area contributed by atoms with Crippen molar-refractivity contribution in [1.82, 2.24) is 9.97 Å². The molecule has 0 bridgehead atoms. The molecule has 2 heterocycles. The van der Waals surface area contributed by atoms with Gasteiger partial charge in [0.15, 0.2) is 9.84 Å². The largest absolute Gasteiger partial charge is 0.435 e. The van der Waals surface area contributed by atoms with Crippen molar-refractivity contribution in [3.05, 3.63) is 83.7 Å². The van der Waals surface area contributed by atoms with E-state index >= 15 is 0 Å². The lowest BCUT2D eigenvalue weighted by Crippen LogP contribution is -2.52. The summed E-state index contributed by atoms with van der Waals surface area (Å²) in [5, 5.41) is 0. The van der Waals surface area contributed by atoms with Gasteiger partial charge < -0.3 is 4.90 Å². The summed E-state index contributed by atoms with van der Waals surface area (Å²) in [6, 6.07) is 4.80. The molecule has 0 N–H and O–H groups in total. The Balaban J connectivity index is 1.73. The summed E-state index contributed by atoms with van der Waals surface area (Å²) >= 11 is 0. The summed E-state index contributed by atoms with van der Waals surface area (Å²) < 4.78 is 136. The molecule has 5 rings (SSSR count). The lowest BCUT2D eigenvalue weighted by molar-refractivity contribution is -0.348. The van der Waals surface area contributed by atoms with Crippen LogP contribution in [0.2, 0.25) is 0 Å². The predicted molar refractivity (Wildman–Crippen MR) is 123 cm³/mol. The zero-order chi connectivity index (χ0) is 28.4. The molecule has 14 heteroatoms. The van der Waals surface area contributed by atoms with Crippen LogP contribution in [0.4, 0.5) is 40.8 Å². The normalized spacial score (nSPS) is 21.9. The van der Waals surface area contributed by atoms with E-state index in [1.807, 2.05) is 0 Å². The van der Waals surface area contributed by atoms with Gasteiger partial charge in [-0.3, -0.25) is 0 Å². The molecule has 1 fully saturated rings. The molecule has 0 spiro atoms. The number of alkyl halides is 7. The highest BCUT2D eigenvalue weighted by molar-refractivity contribution is 7.92. The Morgan fingerprint density at radius 2 is 1.51 bits per heavy atom. The van der Waals surface area contributed by atoms with Gasteiger partial charge in [-0.05, 0) is 54.7 Å². The van der Waals surface area contributed by atoms with E-state index in [-0.39, 0.29) is 41.8 Å². The maximum atomic E-state index is 14.9. The van der Waals surface area contributed by atoms with Crippen LogP contribution in [0.3, 0.4) is 0 Å². The van der Waals surface area contributed by atoms with E-state index in [0.717, 1.165) is 30.3 Å². The van der Waals surface area contributed by atoms with Crippen LogP contribution in [-0.4, -0.2) is 43.3 Å². The summed E-state index contributed by atoms with van der Waals surface area (Å²) in [5.41, 5.74) is -7.04. The van der Waals surface area contributed by atoms with E-state index in [0.29, 0.717) is 17.8 Å². The van der Waals surface area contributed by atoms with Crippen LogP contribution < -0.4 is 4.90 Å². The molecule has 5 nitrogen and oxygen atoms in total. The highest BCUT2D eigenvalue weighted by Crippen LogP contribution is 2.57. The van der Waals surface area contributed by atoms with E-state index in [9.17, 15) is 43.5 Å². The SMILES string of the molecule is O=S(=O)(c1ccc(F)cc1)[C@@]12CCN(c3cncnc3)[C@@H]1CCc1cc(C(F)(C(F)(F)F)C(F)(F)F)ccc12. The molecular weight excluding hydrogens is 558 g/mol. The van der Waals surface area contributed by atoms with Gasteiger partial charge >= 0.3 is 18.0 Å². The summed E-state index contributed by atoms with van der Waals surface area (Å²) in [4.78, 5) is 9.35. The number of rotatable bonds is 4. The predicted octanol–water partition coefficient (Wildman–Crippen LogP) is 5.80. The standard InChI is InChI=1S/C25H19F8N3O2S/c26-17-3-5-19(6-4-17)39(37,38)22-9-10-36(18-12-34-14-35-13-18)21(22)8-1-15-11-16(2-7-20(15)22)23(27,24(28,29)30)25(31,32)33/h2-7,11-14,21H,1,8-10H2/t21-,22-/m1/s1. The average Bonchev–Trinajstić information content (AvgIpc) is 3.29. The highest BCUT2D eigenvalue weighted by atomic mass is 32.2. The molecule has 0 radical (unpaired) electrons. The molecule has 0 saturated carbocycles. The van der Waals surface area contributed by atoms with Crippen LogP contribution in [0.15, 0.2) is 66.1 Å². The molecule has 1 aliphatic heterocycles. The van der Waals surface area contributed by atoms with Gasteiger partial charge in [0.1, 0.15) is 16.9 Å². The number of anilines is 1. The number of hydrogen-bond donors (Lipinski definition) is 0. The van der Waals surface area contributed by atoms with Crippen LogP contribution in [0.25, 0.3) is 0 Å². The smallest absolute Gasteiger partial charge is 0.364 e. The minimum atomic E-state index is -6.31. The number of aromatic nitrogens is 2. The first-order valence-electron chi connectivity index (χ1n) is 11.6. The Labute approximate surface area is 217 Å². The molecule has 3 aromatic rings. The number of benzene rings is 2. The third-order valence-electron chi connectivity index (χ3n) is 7.55. The maximum Gasteiger partial charge on any atom is 0.435 e. The summed E-state index contributed by atoms with van der Waals surface area (Å²) in [6.07, 6.45) is -8.67. The van der Waals surface area contributed by atoms with Gasteiger partial charge in [0, 0.05) is 12.1 Å². The second-order valence-corrected chi connectivity index (χ2v) is 11.7. The van der Waals surface area contributed by atoms with Gasteiger partial charge in [0.05, 0.1) is 29.0 Å². The fourth-order valence-corrected chi connectivity index (χ4v) is 8.17. The van der Waals surface area contributed by atoms with Crippen molar-refractivity contribution < 1.29 is 43.5 Å². The maximum absolute atomic E-state index is 14.9. The Hall–Kier alpha value is -3.29. The molecule has 39 heavy (non-hydrogen) atoms. The van der Waals surface area contributed by atoms with Gasteiger partial charge in [-0.2, -0.15) is 26.3 Å². The zero-order valence-electron chi connectivity index (χ0n) is 19.8. The second-order valence-electron chi connectivity index (χ2n) is 9.47. The van der Waals surface area contributed by atoms with Crippen LogP contribution in [0.1, 0.15) is 29.5 Å². The summed E-state index contributed by atoms with van der Waals surface area (Å²) in [6.45, 7) is 0.137. The number of hydrogen-bond acceptors (Lipinski definition) is 5. The van der Waals surface area contributed by atoms with Gasteiger partial charge in [-0.1, -0.05) is 18.2 Å². The minimum absolute atomic E-state index is 0.00307. The Morgan fingerprint density at radius 3 is 2.10 bits per heavy atom. The lowest BCUT2D eigenvalue weighted by Gasteiger charge is -2.43. The zero-order valence-corrected chi connectivity index (χ0v) is 20.6. The van der Waals surface area contributed by atoms with Crippen molar-refractivity contribution in [2.45, 2.75) is 53.0 Å². The third kappa shape index (κ3) is 3.89. The van der Waals surface area contributed by atoms with Crippen molar-refractivity contribution in [2.75, 3.05) is 11.4 Å². The van der Waals surface area contributed by atoms with Crippen molar-refractivity contribution in [1.29, 1.82) is 0 Å². The molecule has 0 amide bonds. The van der Waals surface area contributed by atoms with E-state index in [1.165, 1.54) is 18.7 Å². The molecule has 1 aliphatic carbocycles. The van der Waals surface area contributed by atoms with Crippen molar-refractivity contribution in [3.8, 4) is 0 Å². The third-order valence-corrected chi connectivity index (χ3v) is 10.1. The number of halogens is 8. The highest BCUT2D eigenvalue weighted by Gasteiger charge is 2.73. The monoisotopic (exact) mass is 577 g/mol. The van der Waals surface area contributed by atoms with Gasteiger partial charge in [0.2, 0.25) is 0 Å². The first-order valence-corrected chi connectivity index (χ1v) is 13.1. The Morgan fingerprint density at radius 1 is 0.897 bits per heavy atom. The van der Waals surface area contributed by atoms with Gasteiger partial charge in [0.25, 0.3) is 0 Å². The molecule has 208 valence electrons. The van der Waals surface area contributed by atoms with Crippen molar-refractivity contribution in [3.63, 3.8) is 0 Å². The number of nitrogens with zero attached hydrogens (tertiary/aromatic N) is 3. The van der Waals surface area contributed by atoms with Crippen molar-refractivity contribution in [2.24, 2.45) is 0 Å². The van der Waals surface area contributed by atoms with E-state index in [4.69, 9.17) is 0 Å². The molecule has 2 aliphatic rings. The number of fused-ring (bicyclic) bond motifs is 3. The van der Waals surface area contributed by atoms with E-state index in [1.54, 1.807) is 4.90 Å². The summed E-state index contributed by atoms with van der Waals surface area (Å²) in [5.74, 6) is -0.704. The molecule has 2 aromatic carbocycles. The molecule has 0 unspecified atom stereocenters. The fourth-order valence-electron chi connectivity index (χ4n) is 5.80. The molecule has 1 saturated heterocycles. The molecule has 1 aromatic heterocycles. The Kier molecular flexibility index (Phi) is 6.20. The minimum Gasteiger partial charge on any atom is -0.364 e. The fraction of sp³-hybridized carbons (Fsp3) is 0.360. The second kappa shape index (κ2) is 8.86. The van der Waals surface area contributed by atoms with Gasteiger partial charge in [-0.15, -0.1) is 0 Å². The first-order chi connectivity index (χ1) is 18.1. The molecular formula is C25H19F8N3O2S. The van der Waals surface area contributed by atoms with Gasteiger partial charge in [-0.25, -0.2) is 27.2 Å². The summed E-state index contributed by atoms with van der Waals surface area (Å²) in [7, 11) is -4.42. The molecule has 2 atom stereocenters. The van der Waals surface area contributed by atoms with E-state index < -0.39 is 50.0 Å². The topological polar surface area (TPSA) is 63.2 Å². The van der Waals surface area contributed by atoms with Crippen molar-refractivity contribution >= 4 is 15.5 Å². The average molecular weight is 577 g/mol. The first kappa shape index (κ1) is 27.3. The van der Waals surface area contributed by atoms with Crippen LogP contribution in [0, 0.1) is 5.82 Å². The number of aryl methyl sites for hydroxylation is 1. The van der Waals surface area contributed by atoms with Crippen LogP contribution in [-0.2, 0) is 26.7 Å². The lowest BCUT2D eigenvalue weighted by atomic mass is 9.76. The Bertz CT molecular complexity index is 1480. The van der Waals surface area contributed by atoms with E-state index in [2.05, 4.69) is 9.97 Å². The van der Waals surface area contributed by atoms with Crippen LogP contribution >= 0.6 is 0 Å². The van der Waals surface area contributed by atoms with Crippen LogP contribution in [0.5, 0.6) is 0 Å². The number of sulfone groups is 1.